The van der Waals surface area contributed by atoms with Gasteiger partial charge in [-0.25, -0.2) is 0 Å². The van der Waals surface area contributed by atoms with E-state index >= 15 is 0 Å². The van der Waals surface area contributed by atoms with Gasteiger partial charge >= 0.3 is 0 Å². The van der Waals surface area contributed by atoms with Crippen LogP contribution in [0.25, 0.3) is 5.57 Å². The normalized spacial score (nSPS) is 15.5. The van der Waals surface area contributed by atoms with E-state index in [1.165, 1.54) is 16.8 Å². The first kappa shape index (κ1) is 6.47. The van der Waals surface area contributed by atoms with Crippen molar-refractivity contribution in [2.24, 2.45) is 0 Å². The minimum atomic E-state index is 0.952. The van der Waals surface area contributed by atoms with Gasteiger partial charge in [-0.3, -0.25) is 0 Å². The Morgan fingerprint density at radius 3 is 3.00 bits per heavy atom. The summed E-state index contributed by atoms with van der Waals surface area (Å²) in [6.45, 7) is 2.10. The molecule has 0 saturated carbocycles. The minimum absolute atomic E-state index is 0.952. The number of rotatable bonds is 1. The fourth-order valence-corrected chi connectivity index (χ4v) is 1.31. The molecule has 11 heavy (non-hydrogen) atoms. The molecule has 1 N–H and O–H groups in total. The topological polar surface area (TPSA) is 15.8 Å². The van der Waals surface area contributed by atoms with Crippen molar-refractivity contribution in [3.05, 3.63) is 41.7 Å². The molecule has 1 heteroatoms. The van der Waals surface area contributed by atoms with E-state index in [2.05, 4.69) is 36.2 Å². The van der Waals surface area contributed by atoms with Crippen LogP contribution in [0.15, 0.2) is 24.4 Å². The van der Waals surface area contributed by atoms with Gasteiger partial charge in [0.25, 0.3) is 0 Å². The van der Waals surface area contributed by atoms with Crippen molar-refractivity contribution in [3.63, 3.8) is 0 Å². The van der Waals surface area contributed by atoms with E-state index in [4.69, 9.17) is 0 Å². The first-order valence-electron chi connectivity index (χ1n) is 3.79. The van der Waals surface area contributed by atoms with E-state index in [1.807, 2.05) is 6.20 Å². The first-order chi connectivity index (χ1) is 5.38. The number of aromatic nitrogens is 1. The molecule has 2 rings (SSSR count). The Labute approximate surface area is 66.4 Å². The summed E-state index contributed by atoms with van der Waals surface area (Å²) in [5, 5.41) is 0. The summed E-state index contributed by atoms with van der Waals surface area (Å²) >= 11 is 0. The van der Waals surface area contributed by atoms with Crippen molar-refractivity contribution >= 4 is 5.57 Å². The Hall–Kier alpha value is -1.24. The van der Waals surface area contributed by atoms with Gasteiger partial charge in [-0.05, 0) is 31.1 Å². The van der Waals surface area contributed by atoms with Gasteiger partial charge in [0, 0.05) is 17.5 Å². The van der Waals surface area contributed by atoms with Crippen LogP contribution in [0.5, 0.6) is 0 Å². The van der Waals surface area contributed by atoms with Gasteiger partial charge in [0.1, 0.15) is 0 Å². The number of allylic oxidation sites excluding steroid dienone is 4. The summed E-state index contributed by atoms with van der Waals surface area (Å²) in [7, 11) is 0. The largest absolute Gasteiger partial charge is 0.361 e. The van der Waals surface area contributed by atoms with Crippen molar-refractivity contribution in [2.45, 2.75) is 13.3 Å². The molecular formula is C10H10N. The molecule has 55 valence electrons. The standard InChI is InChI=1S/C10H10N/c1-8-6-7-11-10(8)9-4-2-3-5-9/h2,4,6-7,11H,3H2,1H3. The predicted octanol–water partition coefficient (Wildman–Crippen LogP) is 2.47. The summed E-state index contributed by atoms with van der Waals surface area (Å²) in [6.07, 6.45) is 10.4. The van der Waals surface area contributed by atoms with Gasteiger partial charge in [0.05, 0.1) is 0 Å². The molecule has 1 heterocycles. The summed E-state index contributed by atoms with van der Waals surface area (Å²) < 4.78 is 0. The molecule has 0 saturated heterocycles. The summed E-state index contributed by atoms with van der Waals surface area (Å²) in [5.74, 6) is 0. The van der Waals surface area contributed by atoms with Crippen LogP contribution in [0.4, 0.5) is 0 Å². The third-order valence-corrected chi connectivity index (χ3v) is 1.92. The maximum absolute atomic E-state index is 3.27. The van der Waals surface area contributed by atoms with Crippen LogP contribution in [0, 0.1) is 13.0 Å². The first-order valence-corrected chi connectivity index (χ1v) is 3.79. The summed E-state index contributed by atoms with van der Waals surface area (Å²) in [4.78, 5) is 3.20. The van der Waals surface area contributed by atoms with E-state index in [0.29, 0.717) is 0 Å². The number of hydrogen-bond acceptors (Lipinski definition) is 0. The van der Waals surface area contributed by atoms with Gasteiger partial charge in [0.15, 0.2) is 0 Å². The summed E-state index contributed by atoms with van der Waals surface area (Å²) in [5.41, 5.74) is 3.70. The van der Waals surface area contributed by atoms with E-state index in [1.54, 1.807) is 0 Å². The Balaban J connectivity index is 2.43. The highest BCUT2D eigenvalue weighted by Gasteiger charge is 2.04. The van der Waals surface area contributed by atoms with Crippen LogP contribution in [-0.2, 0) is 0 Å². The number of H-pyrrole nitrogens is 1. The molecule has 1 radical (unpaired) electrons. The Kier molecular flexibility index (Phi) is 1.42. The van der Waals surface area contributed by atoms with Crippen molar-refractivity contribution in [2.75, 3.05) is 0 Å². The van der Waals surface area contributed by atoms with Gasteiger partial charge < -0.3 is 4.98 Å². The van der Waals surface area contributed by atoms with Crippen molar-refractivity contribution in [3.8, 4) is 0 Å². The maximum atomic E-state index is 3.27. The van der Waals surface area contributed by atoms with Crippen molar-refractivity contribution < 1.29 is 0 Å². The molecule has 1 aliphatic carbocycles. The molecule has 1 aromatic heterocycles. The highest BCUT2D eigenvalue weighted by atomic mass is 14.7. The zero-order valence-corrected chi connectivity index (χ0v) is 6.52. The number of nitrogens with one attached hydrogen (secondary N) is 1. The van der Waals surface area contributed by atoms with Gasteiger partial charge in [-0.1, -0.05) is 12.2 Å². The highest BCUT2D eigenvalue weighted by molar-refractivity contribution is 5.73. The number of aromatic amines is 1. The van der Waals surface area contributed by atoms with E-state index in [9.17, 15) is 0 Å². The van der Waals surface area contributed by atoms with Crippen molar-refractivity contribution in [1.82, 2.24) is 4.98 Å². The fraction of sp³-hybridized carbons (Fsp3) is 0.200. The smallest absolute Gasteiger partial charge is 0.0486 e. The summed E-state index contributed by atoms with van der Waals surface area (Å²) in [6, 6.07) is 2.08. The molecule has 0 atom stereocenters. The lowest BCUT2D eigenvalue weighted by Crippen LogP contribution is -1.81. The molecule has 0 amide bonds. The van der Waals surface area contributed by atoms with Crippen LogP contribution in [0.1, 0.15) is 17.7 Å². The zero-order valence-electron chi connectivity index (χ0n) is 6.52. The Bertz CT molecular complexity index is 315. The molecule has 0 aromatic carbocycles. The Morgan fingerprint density at radius 1 is 1.55 bits per heavy atom. The van der Waals surface area contributed by atoms with E-state index < -0.39 is 0 Å². The lowest BCUT2D eigenvalue weighted by Gasteiger charge is -1.96. The fourth-order valence-electron chi connectivity index (χ4n) is 1.31. The SMILES string of the molecule is Cc1cc[nH]c1C1=[C]CC=C1. The molecule has 0 fully saturated rings. The third-order valence-electron chi connectivity index (χ3n) is 1.92. The van der Waals surface area contributed by atoms with Gasteiger partial charge in [-0.2, -0.15) is 0 Å². The second-order valence-corrected chi connectivity index (χ2v) is 2.73. The highest BCUT2D eigenvalue weighted by Crippen LogP contribution is 2.21. The van der Waals surface area contributed by atoms with Crippen LogP contribution >= 0.6 is 0 Å². The monoisotopic (exact) mass is 144 g/mol. The molecule has 1 aliphatic rings. The number of aryl methyl sites for hydroxylation is 1. The van der Waals surface area contributed by atoms with E-state index in [0.717, 1.165) is 6.42 Å². The predicted molar refractivity (Wildman–Crippen MR) is 45.9 cm³/mol. The van der Waals surface area contributed by atoms with Crippen LogP contribution < -0.4 is 0 Å². The van der Waals surface area contributed by atoms with Crippen molar-refractivity contribution in [1.29, 1.82) is 0 Å². The minimum Gasteiger partial charge on any atom is -0.361 e. The molecule has 0 aliphatic heterocycles. The number of hydrogen-bond donors (Lipinski definition) is 1. The van der Waals surface area contributed by atoms with Crippen LogP contribution in [0.3, 0.4) is 0 Å². The van der Waals surface area contributed by atoms with Gasteiger partial charge in [0.2, 0.25) is 0 Å². The second kappa shape index (κ2) is 2.42. The van der Waals surface area contributed by atoms with Gasteiger partial charge in [-0.15, -0.1) is 0 Å². The lowest BCUT2D eigenvalue weighted by molar-refractivity contribution is 1.31. The van der Waals surface area contributed by atoms with E-state index in [-0.39, 0.29) is 0 Å². The quantitative estimate of drug-likeness (QED) is 0.623. The van der Waals surface area contributed by atoms with Crippen LogP contribution in [-0.4, -0.2) is 4.98 Å². The third kappa shape index (κ3) is 1.03. The Morgan fingerprint density at radius 2 is 2.45 bits per heavy atom. The lowest BCUT2D eigenvalue weighted by atomic mass is 10.1. The molecule has 0 spiro atoms. The molecule has 0 bridgehead atoms. The maximum Gasteiger partial charge on any atom is 0.0486 e. The molecule has 1 aromatic rings. The molecule has 1 nitrogen and oxygen atoms in total. The average Bonchev–Trinajstić information content (AvgIpc) is 2.55. The molecular weight excluding hydrogens is 134 g/mol. The molecule has 0 unspecified atom stereocenters. The van der Waals surface area contributed by atoms with Crippen LogP contribution in [0.2, 0.25) is 0 Å². The second-order valence-electron chi connectivity index (χ2n) is 2.73. The average molecular weight is 144 g/mol. The zero-order chi connectivity index (χ0) is 7.68.